The molecule has 0 saturated heterocycles. The largest absolute Gasteiger partial charge is 0.497 e. The van der Waals surface area contributed by atoms with E-state index in [0.717, 1.165) is 18.9 Å². The molecule has 10 nitrogen and oxygen atoms in total. The third-order valence-electron chi connectivity index (χ3n) is 8.36. The Kier molecular flexibility index (Phi) is 14.9. The Morgan fingerprint density at radius 2 is 1.47 bits per heavy atom. The molecule has 11 heteroatoms. The van der Waals surface area contributed by atoms with Crippen molar-refractivity contribution >= 4 is 33.3 Å². The number of Topliss-reactive ketones (excluding diaryl/α,β-unsaturated/α-hetero) is 2. The van der Waals surface area contributed by atoms with Gasteiger partial charge in [-0.15, -0.1) is 0 Å². The Labute approximate surface area is 271 Å². The lowest BCUT2D eigenvalue weighted by atomic mass is 9.72. The van der Waals surface area contributed by atoms with Crippen LogP contribution >= 0.6 is 0 Å². The molecule has 1 amide bonds. The number of unbranched alkanes of at least 4 members (excludes halogenated alkanes) is 1. The van der Waals surface area contributed by atoms with E-state index in [4.69, 9.17) is 14.2 Å². The van der Waals surface area contributed by atoms with Gasteiger partial charge in [-0.2, -0.15) is 8.42 Å². The number of ketones is 2. The average molecular weight is 656 g/mol. The van der Waals surface area contributed by atoms with Crippen molar-refractivity contribution in [2.24, 2.45) is 16.7 Å². The maximum absolute atomic E-state index is 13.2. The summed E-state index contributed by atoms with van der Waals surface area (Å²) < 4.78 is 50.5. The first-order valence-corrected chi connectivity index (χ1v) is 17.1. The molecule has 0 aromatic heterocycles. The fourth-order valence-electron chi connectivity index (χ4n) is 4.49. The monoisotopic (exact) mass is 655 g/mol. The maximum atomic E-state index is 13.2. The van der Waals surface area contributed by atoms with Crippen LogP contribution in [0, 0.1) is 16.7 Å². The predicted molar refractivity (Wildman–Crippen MR) is 176 cm³/mol. The normalized spacial score (nSPS) is 13.8. The first-order chi connectivity index (χ1) is 20.4. The van der Waals surface area contributed by atoms with Gasteiger partial charge in [-0.1, -0.05) is 34.6 Å². The minimum atomic E-state index is -4.62. The standard InChI is InChI=1S/C34H57NO9S/c1-31(2,3)29(37)22-24(15-18-30(38)35-26-17-16-25(42-11)23-27(26)45(39,40)41)19-21-44-34(9,10)33(7,8)28(36)14-12-13-20-43-32(4,5)6/h16-17,23-24H,12-15,18-22H2,1-11H3,(H,35,38)(H,39,40,41). The van der Waals surface area contributed by atoms with Crippen molar-refractivity contribution in [3.05, 3.63) is 18.2 Å². The van der Waals surface area contributed by atoms with Crippen LogP contribution in [0.25, 0.3) is 0 Å². The number of carbonyl (C=O) groups is 3. The summed E-state index contributed by atoms with van der Waals surface area (Å²) in [5.74, 6) is -0.264. The number of ether oxygens (including phenoxy) is 3. The number of amides is 1. The van der Waals surface area contributed by atoms with Crippen LogP contribution in [0.4, 0.5) is 5.69 Å². The third-order valence-corrected chi connectivity index (χ3v) is 9.25. The predicted octanol–water partition coefficient (Wildman–Crippen LogP) is 7.05. The molecule has 0 aliphatic heterocycles. The van der Waals surface area contributed by atoms with Gasteiger partial charge in [0.25, 0.3) is 10.1 Å². The highest BCUT2D eigenvalue weighted by atomic mass is 32.2. The van der Waals surface area contributed by atoms with Crippen molar-refractivity contribution in [3.8, 4) is 5.75 Å². The summed E-state index contributed by atoms with van der Waals surface area (Å²) in [6.45, 7) is 20.0. The molecule has 45 heavy (non-hydrogen) atoms. The van der Waals surface area contributed by atoms with E-state index in [1.54, 1.807) is 0 Å². The number of hydrogen-bond acceptors (Lipinski definition) is 8. The molecular formula is C34H57NO9S. The van der Waals surface area contributed by atoms with E-state index in [0.29, 0.717) is 25.9 Å². The first-order valence-electron chi connectivity index (χ1n) is 15.7. The fraction of sp³-hybridized carbons (Fsp3) is 0.735. The highest BCUT2D eigenvalue weighted by Crippen LogP contribution is 2.37. The molecule has 1 rings (SSSR count). The zero-order valence-electron chi connectivity index (χ0n) is 29.3. The molecule has 0 aliphatic carbocycles. The van der Waals surface area contributed by atoms with Crippen molar-refractivity contribution < 1.29 is 41.6 Å². The van der Waals surface area contributed by atoms with Crippen molar-refractivity contribution in [2.45, 2.75) is 130 Å². The SMILES string of the molecule is COc1ccc(NC(=O)CCC(CCOC(C)(C)C(C)(C)C(=O)CCCCOC(C)(C)C)CC(=O)C(C)(C)C)c(S(=O)(=O)O)c1. The first kappa shape index (κ1) is 40.7. The van der Waals surface area contributed by atoms with Gasteiger partial charge in [0.15, 0.2) is 0 Å². The summed E-state index contributed by atoms with van der Waals surface area (Å²) in [7, 11) is -3.26. The fourth-order valence-corrected chi connectivity index (χ4v) is 5.15. The second-order valence-electron chi connectivity index (χ2n) is 14.8. The molecular weight excluding hydrogens is 598 g/mol. The lowest BCUT2D eigenvalue weighted by Gasteiger charge is -2.40. The molecule has 0 fully saturated rings. The summed E-state index contributed by atoms with van der Waals surface area (Å²) in [6.07, 6.45) is 3.07. The van der Waals surface area contributed by atoms with E-state index >= 15 is 0 Å². The molecule has 1 unspecified atom stereocenters. The number of hydrogen-bond donors (Lipinski definition) is 2. The van der Waals surface area contributed by atoms with Crippen LogP contribution in [0.5, 0.6) is 5.75 Å². The number of rotatable bonds is 19. The van der Waals surface area contributed by atoms with Gasteiger partial charge in [0.2, 0.25) is 5.91 Å². The van der Waals surface area contributed by atoms with E-state index in [2.05, 4.69) is 5.32 Å². The van der Waals surface area contributed by atoms with Crippen molar-refractivity contribution in [3.63, 3.8) is 0 Å². The van der Waals surface area contributed by atoms with Gasteiger partial charge in [0.1, 0.15) is 22.2 Å². The van der Waals surface area contributed by atoms with Crippen molar-refractivity contribution in [2.75, 3.05) is 25.6 Å². The number of carbonyl (C=O) groups excluding carboxylic acids is 3. The summed E-state index contributed by atoms with van der Waals surface area (Å²) in [5.41, 5.74) is -2.36. The summed E-state index contributed by atoms with van der Waals surface area (Å²) in [5, 5.41) is 2.56. The molecule has 1 aromatic carbocycles. The zero-order valence-corrected chi connectivity index (χ0v) is 30.1. The number of benzene rings is 1. The number of nitrogens with one attached hydrogen (secondary N) is 1. The van der Waals surface area contributed by atoms with Gasteiger partial charge in [-0.25, -0.2) is 0 Å². The Morgan fingerprint density at radius 1 is 0.844 bits per heavy atom. The van der Waals surface area contributed by atoms with Crippen LogP contribution in [0.1, 0.15) is 114 Å². The Morgan fingerprint density at radius 3 is 2.00 bits per heavy atom. The molecule has 0 heterocycles. The topological polar surface area (TPSA) is 145 Å². The molecule has 1 aromatic rings. The molecule has 0 saturated carbocycles. The molecule has 1 atom stereocenters. The second-order valence-corrected chi connectivity index (χ2v) is 16.2. The van der Waals surface area contributed by atoms with Crippen LogP contribution in [-0.4, -0.2) is 62.0 Å². The molecule has 0 radical (unpaired) electrons. The van der Waals surface area contributed by atoms with Crippen molar-refractivity contribution in [1.82, 2.24) is 0 Å². The van der Waals surface area contributed by atoms with Crippen LogP contribution in [0.2, 0.25) is 0 Å². The van der Waals surface area contributed by atoms with Crippen LogP contribution in [0.15, 0.2) is 23.1 Å². The third kappa shape index (κ3) is 13.9. The van der Waals surface area contributed by atoms with Crippen LogP contribution < -0.4 is 10.1 Å². The Balaban J connectivity index is 2.87. The van der Waals surface area contributed by atoms with E-state index in [1.807, 2.05) is 69.2 Å². The van der Waals surface area contributed by atoms with Gasteiger partial charge >= 0.3 is 0 Å². The van der Waals surface area contributed by atoms with E-state index < -0.39 is 37.4 Å². The molecule has 0 bridgehead atoms. The van der Waals surface area contributed by atoms with E-state index in [1.165, 1.54) is 19.2 Å². The molecule has 0 aliphatic rings. The second kappa shape index (κ2) is 16.5. The Hall–Kier alpha value is -2.34. The quantitative estimate of drug-likeness (QED) is 0.118. The van der Waals surface area contributed by atoms with Gasteiger partial charge in [-0.05, 0) is 78.4 Å². The lowest BCUT2D eigenvalue weighted by Crippen LogP contribution is -2.47. The average Bonchev–Trinajstić information content (AvgIpc) is 2.89. The minimum absolute atomic E-state index is 0.0192. The Bertz CT molecular complexity index is 1260. The lowest BCUT2D eigenvalue weighted by molar-refractivity contribution is -0.149. The van der Waals surface area contributed by atoms with Gasteiger partial charge < -0.3 is 19.5 Å². The zero-order chi connectivity index (χ0) is 34.9. The highest BCUT2D eigenvalue weighted by molar-refractivity contribution is 7.86. The van der Waals surface area contributed by atoms with Gasteiger partial charge in [-0.3, -0.25) is 18.9 Å². The molecule has 2 N–H and O–H groups in total. The number of methoxy groups -OCH3 is 1. The van der Waals surface area contributed by atoms with Crippen molar-refractivity contribution in [1.29, 1.82) is 0 Å². The summed E-state index contributed by atoms with van der Waals surface area (Å²) in [6, 6.07) is 3.95. The smallest absolute Gasteiger partial charge is 0.296 e. The van der Waals surface area contributed by atoms with Crippen LogP contribution in [-0.2, 0) is 34.0 Å². The highest BCUT2D eigenvalue weighted by Gasteiger charge is 2.43. The summed E-state index contributed by atoms with van der Waals surface area (Å²) >= 11 is 0. The van der Waals surface area contributed by atoms with E-state index in [-0.39, 0.29) is 54.0 Å². The van der Waals surface area contributed by atoms with Gasteiger partial charge in [0, 0.05) is 44.0 Å². The minimum Gasteiger partial charge on any atom is -0.497 e. The van der Waals surface area contributed by atoms with E-state index in [9.17, 15) is 27.4 Å². The van der Waals surface area contributed by atoms with Gasteiger partial charge in [0.05, 0.1) is 29.4 Å². The number of anilines is 1. The molecule has 258 valence electrons. The molecule has 0 spiro atoms. The summed E-state index contributed by atoms with van der Waals surface area (Å²) in [4.78, 5) is 38.5. The van der Waals surface area contributed by atoms with Crippen LogP contribution in [0.3, 0.4) is 0 Å². The maximum Gasteiger partial charge on any atom is 0.296 e.